The van der Waals surface area contributed by atoms with Gasteiger partial charge in [0.15, 0.2) is 5.82 Å². The van der Waals surface area contributed by atoms with E-state index in [2.05, 4.69) is 46.4 Å². The Bertz CT molecular complexity index is 331. The van der Waals surface area contributed by atoms with E-state index in [1.54, 1.807) is 13.3 Å². The molecule has 0 saturated heterocycles. The lowest BCUT2D eigenvalue weighted by atomic mass is 9.96. The molecule has 84 valence electrons. The third-order valence-electron chi connectivity index (χ3n) is 2.71. The van der Waals surface area contributed by atoms with Crippen LogP contribution in [0.4, 0.5) is 5.82 Å². The summed E-state index contributed by atoms with van der Waals surface area (Å²) in [5.74, 6) is 1.19. The third-order valence-corrected chi connectivity index (χ3v) is 3.54. The highest BCUT2D eigenvalue weighted by atomic mass is 127. The van der Waals surface area contributed by atoms with Crippen LogP contribution in [0.3, 0.4) is 0 Å². The molecule has 0 saturated carbocycles. The van der Waals surface area contributed by atoms with E-state index in [-0.39, 0.29) is 0 Å². The highest BCUT2D eigenvalue weighted by Gasteiger charge is 2.31. The summed E-state index contributed by atoms with van der Waals surface area (Å²) in [5, 5.41) is 0. The van der Waals surface area contributed by atoms with Gasteiger partial charge in [0.25, 0.3) is 0 Å². The summed E-state index contributed by atoms with van der Waals surface area (Å²) >= 11 is 2.11. The van der Waals surface area contributed by atoms with Crippen LogP contribution in [-0.2, 0) is 10.3 Å². The van der Waals surface area contributed by atoms with E-state index in [0.29, 0.717) is 11.6 Å². The second-order valence-corrected chi connectivity index (χ2v) is 4.49. The first kappa shape index (κ1) is 12.6. The average Bonchev–Trinajstić information content (AvgIpc) is 2.26. The number of ether oxygens (including phenoxy) is 1. The molecule has 0 fully saturated rings. The zero-order chi connectivity index (χ0) is 11.5. The molecule has 4 nitrogen and oxygen atoms in total. The lowest BCUT2D eigenvalue weighted by Crippen LogP contribution is -2.29. The van der Waals surface area contributed by atoms with E-state index in [1.807, 2.05) is 0 Å². The van der Waals surface area contributed by atoms with Crippen molar-refractivity contribution >= 4 is 28.4 Å². The van der Waals surface area contributed by atoms with Crippen LogP contribution in [-0.4, -0.2) is 17.1 Å². The van der Waals surface area contributed by atoms with Gasteiger partial charge in [-0.15, -0.1) is 0 Å². The van der Waals surface area contributed by atoms with E-state index in [9.17, 15) is 0 Å². The molecule has 0 atom stereocenters. The fourth-order valence-corrected chi connectivity index (χ4v) is 1.81. The van der Waals surface area contributed by atoms with Crippen molar-refractivity contribution in [3.8, 4) is 0 Å². The van der Waals surface area contributed by atoms with Gasteiger partial charge >= 0.3 is 0 Å². The quantitative estimate of drug-likeness (QED) is 0.865. The molecular weight excluding hydrogens is 305 g/mol. The van der Waals surface area contributed by atoms with Crippen LogP contribution in [0, 0.1) is 3.57 Å². The predicted octanol–water partition coefficient (Wildman–Crippen LogP) is 2.33. The lowest BCUT2D eigenvalue weighted by molar-refractivity contribution is -0.0290. The summed E-state index contributed by atoms with van der Waals surface area (Å²) in [4.78, 5) is 8.59. The number of anilines is 1. The molecule has 0 aliphatic heterocycles. The lowest BCUT2D eigenvalue weighted by Gasteiger charge is -2.28. The van der Waals surface area contributed by atoms with Gasteiger partial charge in [-0.25, -0.2) is 9.97 Å². The largest absolute Gasteiger partial charge is 0.383 e. The Morgan fingerprint density at radius 1 is 1.47 bits per heavy atom. The number of hydrogen-bond acceptors (Lipinski definition) is 4. The van der Waals surface area contributed by atoms with Crippen molar-refractivity contribution in [2.75, 3.05) is 12.8 Å². The van der Waals surface area contributed by atoms with Crippen molar-refractivity contribution in [2.45, 2.75) is 32.3 Å². The molecule has 0 aliphatic carbocycles. The van der Waals surface area contributed by atoms with Gasteiger partial charge in [0, 0.05) is 13.3 Å². The van der Waals surface area contributed by atoms with Crippen LogP contribution in [0.2, 0.25) is 0 Å². The molecule has 1 aromatic rings. The van der Waals surface area contributed by atoms with Crippen molar-refractivity contribution in [3.05, 3.63) is 15.6 Å². The minimum absolute atomic E-state index is 0.404. The molecular formula is C10H16IN3O. The smallest absolute Gasteiger partial charge is 0.162 e. The molecule has 0 unspecified atom stereocenters. The molecule has 0 radical (unpaired) electrons. The van der Waals surface area contributed by atoms with E-state index < -0.39 is 5.60 Å². The molecule has 0 bridgehead atoms. The third kappa shape index (κ3) is 2.39. The van der Waals surface area contributed by atoms with E-state index in [4.69, 9.17) is 10.5 Å². The minimum Gasteiger partial charge on any atom is -0.383 e. The molecule has 2 N–H and O–H groups in total. The zero-order valence-electron chi connectivity index (χ0n) is 9.25. The number of rotatable bonds is 4. The fraction of sp³-hybridized carbons (Fsp3) is 0.600. The van der Waals surface area contributed by atoms with E-state index in [0.717, 1.165) is 16.4 Å². The molecule has 0 spiro atoms. The van der Waals surface area contributed by atoms with Gasteiger partial charge in [-0.1, -0.05) is 13.8 Å². The molecule has 1 heterocycles. The maximum Gasteiger partial charge on any atom is 0.162 e. The van der Waals surface area contributed by atoms with Crippen molar-refractivity contribution in [3.63, 3.8) is 0 Å². The van der Waals surface area contributed by atoms with Gasteiger partial charge in [0.2, 0.25) is 0 Å². The molecule has 1 rings (SSSR count). The SMILES string of the molecule is CCC(CC)(OC)c1ncc(I)c(N)n1. The summed E-state index contributed by atoms with van der Waals surface area (Å²) in [6.45, 7) is 4.12. The Kier molecular flexibility index (Phi) is 4.27. The summed E-state index contributed by atoms with van der Waals surface area (Å²) < 4.78 is 6.40. The van der Waals surface area contributed by atoms with Gasteiger partial charge < -0.3 is 10.5 Å². The summed E-state index contributed by atoms with van der Waals surface area (Å²) in [6, 6.07) is 0. The van der Waals surface area contributed by atoms with Gasteiger partial charge in [0.05, 0.1) is 3.57 Å². The van der Waals surface area contributed by atoms with Crippen molar-refractivity contribution in [1.29, 1.82) is 0 Å². The van der Waals surface area contributed by atoms with Crippen LogP contribution in [0.5, 0.6) is 0 Å². The second kappa shape index (κ2) is 5.07. The molecule has 15 heavy (non-hydrogen) atoms. The fourth-order valence-electron chi connectivity index (χ4n) is 1.55. The number of nitrogen functional groups attached to an aromatic ring is 1. The van der Waals surface area contributed by atoms with Crippen LogP contribution < -0.4 is 5.73 Å². The van der Waals surface area contributed by atoms with Crippen LogP contribution in [0.25, 0.3) is 0 Å². The van der Waals surface area contributed by atoms with E-state index in [1.165, 1.54) is 0 Å². The highest BCUT2D eigenvalue weighted by molar-refractivity contribution is 14.1. The highest BCUT2D eigenvalue weighted by Crippen LogP contribution is 2.30. The molecule has 0 amide bonds. The minimum atomic E-state index is -0.404. The van der Waals surface area contributed by atoms with Crippen LogP contribution in [0.15, 0.2) is 6.20 Å². The predicted molar refractivity (Wildman–Crippen MR) is 68.4 cm³/mol. The zero-order valence-corrected chi connectivity index (χ0v) is 11.4. The number of halogens is 1. The number of methoxy groups -OCH3 is 1. The van der Waals surface area contributed by atoms with Crippen LogP contribution >= 0.6 is 22.6 Å². The monoisotopic (exact) mass is 321 g/mol. The Morgan fingerprint density at radius 2 is 2.07 bits per heavy atom. The molecule has 5 heteroatoms. The standard InChI is InChI=1S/C10H16IN3O/c1-4-10(5-2,15-3)9-13-6-7(11)8(12)14-9/h6H,4-5H2,1-3H3,(H2,12,13,14). The van der Waals surface area contributed by atoms with Gasteiger partial charge in [-0.3, -0.25) is 0 Å². The average molecular weight is 321 g/mol. The van der Waals surface area contributed by atoms with Crippen molar-refractivity contribution in [1.82, 2.24) is 9.97 Å². The summed E-state index contributed by atoms with van der Waals surface area (Å²) in [5.41, 5.74) is 5.36. The Balaban J connectivity index is 3.17. The van der Waals surface area contributed by atoms with Crippen LogP contribution in [0.1, 0.15) is 32.5 Å². The van der Waals surface area contributed by atoms with Crippen molar-refractivity contribution in [2.24, 2.45) is 0 Å². The maximum atomic E-state index is 5.77. The van der Waals surface area contributed by atoms with Gasteiger partial charge in [-0.05, 0) is 35.4 Å². The topological polar surface area (TPSA) is 61.0 Å². The number of nitrogens with two attached hydrogens (primary N) is 1. The number of nitrogens with zero attached hydrogens (tertiary/aromatic N) is 2. The second-order valence-electron chi connectivity index (χ2n) is 3.33. The van der Waals surface area contributed by atoms with Gasteiger partial charge in [0.1, 0.15) is 11.4 Å². The first-order chi connectivity index (χ1) is 7.09. The van der Waals surface area contributed by atoms with E-state index >= 15 is 0 Å². The normalized spacial score (nSPS) is 11.7. The van der Waals surface area contributed by atoms with Crippen molar-refractivity contribution < 1.29 is 4.74 Å². The molecule has 0 aliphatic rings. The Morgan fingerprint density at radius 3 is 2.47 bits per heavy atom. The van der Waals surface area contributed by atoms with Gasteiger partial charge in [-0.2, -0.15) is 0 Å². The number of aromatic nitrogens is 2. The summed E-state index contributed by atoms with van der Waals surface area (Å²) in [7, 11) is 1.69. The summed E-state index contributed by atoms with van der Waals surface area (Å²) in [6.07, 6.45) is 3.40. The maximum absolute atomic E-state index is 5.77. The number of hydrogen-bond donors (Lipinski definition) is 1. The molecule has 0 aromatic carbocycles. The molecule has 1 aromatic heterocycles. The Labute approximate surface area is 104 Å². The Hall–Kier alpha value is -0.430. The first-order valence-corrected chi connectivity index (χ1v) is 6.01. The first-order valence-electron chi connectivity index (χ1n) is 4.93.